The van der Waals surface area contributed by atoms with Crippen molar-refractivity contribution >= 4 is 11.6 Å². The number of benzene rings is 2. The maximum absolute atomic E-state index is 12.7. The van der Waals surface area contributed by atoms with Crippen molar-refractivity contribution in [3.8, 4) is 11.5 Å². The Morgan fingerprint density at radius 1 is 1.04 bits per heavy atom. The van der Waals surface area contributed by atoms with Gasteiger partial charge in [-0.2, -0.15) is 0 Å². The van der Waals surface area contributed by atoms with Gasteiger partial charge >= 0.3 is 0 Å². The van der Waals surface area contributed by atoms with Crippen LogP contribution in [0.5, 0.6) is 11.5 Å². The Kier molecular flexibility index (Phi) is 4.43. The lowest BCUT2D eigenvalue weighted by molar-refractivity contribution is 0.0949. The van der Waals surface area contributed by atoms with Gasteiger partial charge in [-0.05, 0) is 29.8 Å². The number of nitrogens with zero attached hydrogens (tertiary/aromatic N) is 1. The van der Waals surface area contributed by atoms with Crippen LogP contribution in [0.4, 0.5) is 5.69 Å². The molecule has 0 saturated carbocycles. The first-order chi connectivity index (χ1) is 12.3. The smallest absolute Gasteiger partial charge is 0.253 e. The normalized spacial score (nSPS) is 15.9. The molecule has 0 bridgehead atoms. The fourth-order valence-electron chi connectivity index (χ4n) is 3.07. The number of nitrogens with one attached hydrogen (secondary N) is 1. The molecule has 0 unspecified atom stereocenters. The van der Waals surface area contributed by atoms with Crippen molar-refractivity contribution in [2.45, 2.75) is 6.54 Å². The highest BCUT2D eigenvalue weighted by molar-refractivity contribution is 5.99. The van der Waals surface area contributed by atoms with Crippen LogP contribution in [0.25, 0.3) is 0 Å². The van der Waals surface area contributed by atoms with Crippen molar-refractivity contribution < 1.29 is 19.0 Å². The molecule has 6 nitrogen and oxygen atoms in total. The lowest BCUT2D eigenvalue weighted by Gasteiger charge is -2.30. The zero-order valence-electron chi connectivity index (χ0n) is 13.9. The first-order valence-corrected chi connectivity index (χ1v) is 8.40. The highest BCUT2D eigenvalue weighted by Crippen LogP contribution is 2.32. The SMILES string of the molecule is O=C(NCc1ccc2c(c1)OCO2)c1ccccc1N1CCOCC1. The van der Waals surface area contributed by atoms with E-state index in [1.165, 1.54) is 0 Å². The number of carbonyl (C=O) groups is 1. The maximum atomic E-state index is 12.7. The Bertz CT molecular complexity index is 772. The molecule has 2 aromatic rings. The van der Waals surface area contributed by atoms with Gasteiger partial charge in [-0.25, -0.2) is 0 Å². The standard InChI is InChI=1S/C19H20N2O4/c22-19(20-12-14-5-6-17-18(11-14)25-13-24-17)15-3-1-2-4-16(15)21-7-9-23-10-8-21/h1-6,11H,7-10,12-13H2,(H,20,22). The first kappa shape index (κ1) is 15.8. The Hall–Kier alpha value is -2.73. The van der Waals surface area contributed by atoms with Crippen LogP contribution < -0.4 is 19.7 Å². The van der Waals surface area contributed by atoms with Gasteiger partial charge in [0.1, 0.15) is 0 Å². The predicted octanol–water partition coefficient (Wildman–Crippen LogP) is 2.18. The third-order valence-electron chi connectivity index (χ3n) is 4.39. The molecule has 0 aromatic heterocycles. The molecule has 2 heterocycles. The summed E-state index contributed by atoms with van der Waals surface area (Å²) in [6.07, 6.45) is 0. The van der Waals surface area contributed by atoms with Crippen molar-refractivity contribution in [1.82, 2.24) is 5.32 Å². The molecule has 0 radical (unpaired) electrons. The van der Waals surface area contributed by atoms with E-state index in [4.69, 9.17) is 14.2 Å². The van der Waals surface area contributed by atoms with Crippen molar-refractivity contribution in [3.05, 3.63) is 53.6 Å². The number of amides is 1. The summed E-state index contributed by atoms with van der Waals surface area (Å²) in [5.41, 5.74) is 2.61. The molecule has 6 heteroatoms. The third-order valence-corrected chi connectivity index (χ3v) is 4.39. The lowest BCUT2D eigenvalue weighted by Crippen LogP contribution is -2.37. The molecule has 130 valence electrons. The molecule has 1 saturated heterocycles. The van der Waals surface area contributed by atoms with Gasteiger partial charge in [0.2, 0.25) is 6.79 Å². The molecule has 2 aliphatic rings. The van der Waals surface area contributed by atoms with Crippen LogP contribution in [0.2, 0.25) is 0 Å². The Morgan fingerprint density at radius 3 is 2.72 bits per heavy atom. The molecule has 0 aliphatic carbocycles. The van der Waals surface area contributed by atoms with E-state index in [2.05, 4.69) is 10.2 Å². The largest absolute Gasteiger partial charge is 0.454 e. The zero-order chi connectivity index (χ0) is 17.1. The van der Waals surface area contributed by atoms with Crippen LogP contribution in [0.3, 0.4) is 0 Å². The number of rotatable bonds is 4. The minimum atomic E-state index is -0.0836. The van der Waals surface area contributed by atoms with Gasteiger partial charge in [0.05, 0.1) is 18.8 Å². The van der Waals surface area contributed by atoms with Crippen LogP contribution in [0, 0.1) is 0 Å². The summed E-state index contributed by atoms with van der Waals surface area (Å²) in [7, 11) is 0. The highest BCUT2D eigenvalue weighted by Gasteiger charge is 2.18. The van der Waals surface area contributed by atoms with Gasteiger partial charge in [-0.3, -0.25) is 4.79 Å². The van der Waals surface area contributed by atoms with Gasteiger partial charge in [0.25, 0.3) is 5.91 Å². The predicted molar refractivity (Wildman–Crippen MR) is 93.2 cm³/mol. The summed E-state index contributed by atoms with van der Waals surface area (Å²) < 4.78 is 16.1. The first-order valence-electron chi connectivity index (χ1n) is 8.40. The van der Waals surface area contributed by atoms with Crippen LogP contribution in [0.1, 0.15) is 15.9 Å². The van der Waals surface area contributed by atoms with E-state index in [9.17, 15) is 4.79 Å². The Morgan fingerprint density at radius 2 is 1.84 bits per heavy atom. The highest BCUT2D eigenvalue weighted by atomic mass is 16.7. The van der Waals surface area contributed by atoms with E-state index in [1.54, 1.807) is 0 Å². The van der Waals surface area contributed by atoms with E-state index in [1.807, 2.05) is 42.5 Å². The molecule has 2 aromatic carbocycles. The summed E-state index contributed by atoms with van der Waals surface area (Å²) in [5.74, 6) is 1.38. The van der Waals surface area contributed by atoms with Crippen LogP contribution in [-0.4, -0.2) is 39.0 Å². The van der Waals surface area contributed by atoms with E-state index >= 15 is 0 Å². The fraction of sp³-hybridized carbons (Fsp3) is 0.316. The van der Waals surface area contributed by atoms with E-state index in [-0.39, 0.29) is 12.7 Å². The average molecular weight is 340 g/mol. The molecule has 4 rings (SSSR count). The summed E-state index contributed by atoms with van der Waals surface area (Å²) in [5, 5.41) is 2.99. The molecule has 0 atom stereocenters. The van der Waals surface area contributed by atoms with Crippen LogP contribution in [-0.2, 0) is 11.3 Å². The average Bonchev–Trinajstić information content (AvgIpc) is 3.14. The lowest BCUT2D eigenvalue weighted by atomic mass is 10.1. The number of hydrogen-bond donors (Lipinski definition) is 1. The molecule has 1 N–H and O–H groups in total. The van der Waals surface area contributed by atoms with E-state index < -0.39 is 0 Å². The van der Waals surface area contributed by atoms with Crippen molar-refractivity contribution in [2.24, 2.45) is 0 Å². The minimum Gasteiger partial charge on any atom is -0.454 e. The number of fused-ring (bicyclic) bond motifs is 1. The van der Waals surface area contributed by atoms with Gasteiger partial charge in [-0.1, -0.05) is 18.2 Å². The number of morpholine rings is 1. The summed E-state index contributed by atoms with van der Waals surface area (Å²) in [6, 6.07) is 13.4. The van der Waals surface area contributed by atoms with Gasteiger partial charge in [0.15, 0.2) is 11.5 Å². The van der Waals surface area contributed by atoms with Crippen LogP contribution in [0.15, 0.2) is 42.5 Å². The van der Waals surface area contributed by atoms with E-state index in [0.717, 1.165) is 35.8 Å². The second kappa shape index (κ2) is 7.03. The van der Waals surface area contributed by atoms with Crippen LogP contribution >= 0.6 is 0 Å². The quantitative estimate of drug-likeness (QED) is 0.924. The van der Waals surface area contributed by atoms with Crippen molar-refractivity contribution in [2.75, 3.05) is 38.0 Å². The van der Waals surface area contributed by atoms with Gasteiger partial charge in [-0.15, -0.1) is 0 Å². The fourth-order valence-corrected chi connectivity index (χ4v) is 3.07. The number of carbonyl (C=O) groups excluding carboxylic acids is 1. The monoisotopic (exact) mass is 340 g/mol. The number of para-hydroxylation sites is 1. The zero-order valence-corrected chi connectivity index (χ0v) is 13.9. The number of anilines is 1. The van der Waals surface area contributed by atoms with Gasteiger partial charge in [0, 0.05) is 25.3 Å². The van der Waals surface area contributed by atoms with Gasteiger partial charge < -0.3 is 24.4 Å². The van der Waals surface area contributed by atoms with Crippen molar-refractivity contribution in [3.63, 3.8) is 0 Å². The second-order valence-electron chi connectivity index (χ2n) is 5.99. The Labute approximate surface area is 146 Å². The molecule has 25 heavy (non-hydrogen) atoms. The van der Waals surface area contributed by atoms with Crippen molar-refractivity contribution in [1.29, 1.82) is 0 Å². The molecule has 1 amide bonds. The minimum absolute atomic E-state index is 0.0836. The molecular formula is C19H20N2O4. The summed E-state index contributed by atoms with van der Waals surface area (Å²) in [4.78, 5) is 14.9. The third kappa shape index (κ3) is 3.39. The summed E-state index contributed by atoms with van der Waals surface area (Å²) >= 11 is 0. The maximum Gasteiger partial charge on any atom is 0.253 e. The molecule has 2 aliphatic heterocycles. The molecule has 0 spiro atoms. The molecular weight excluding hydrogens is 320 g/mol. The number of hydrogen-bond acceptors (Lipinski definition) is 5. The molecule has 1 fully saturated rings. The second-order valence-corrected chi connectivity index (χ2v) is 5.99. The Balaban J connectivity index is 1.46. The number of ether oxygens (including phenoxy) is 3. The summed E-state index contributed by atoms with van der Waals surface area (Å²) in [6.45, 7) is 3.66. The topological polar surface area (TPSA) is 60.0 Å². The van der Waals surface area contributed by atoms with E-state index in [0.29, 0.717) is 25.3 Å².